The lowest BCUT2D eigenvalue weighted by Gasteiger charge is -2.33. The zero-order valence-corrected chi connectivity index (χ0v) is 23.1. The maximum atomic E-state index is 14.2. The number of aryl methyl sites for hydroxylation is 1. The van der Waals surface area contributed by atoms with E-state index in [1.165, 1.54) is 18.2 Å². The molecule has 1 N–H and O–H groups in total. The molecule has 2 fully saturated rings. The molecule has 0 spiro atoms. The Morgan fingerprint density at radius 1 is 1.16 bits per heavy atom. The zero-order chi connectivity index (χ0) is 29.9. The van der Waals surface area contributed by atoms with Crippen molar-refractivity contribution in [1.29, 1.82) is 5.26 Å². The quantitative estimate of drug-likeness (QED) is 0.294. The molecule has 0 saturated carbocycles. The van der Waals surface area contributed by atoms with Gasteiger partial charge in [0.1, 0.15) is 29.6 Å². The van der Waals surface area contributed by atoms with Gasteiger partial charge >= 0.3 is 5.97 Å². The number of pyridine rings is 2. The molecule has 1 amide bonds. The standard InChI is InChI=1S/C30H28FN7O5/c31-22-14-19(15-32)4-5-20(22)18-43-27-3-1-2-25(35-27)37-12-11-36(17-28(37)39)16-26-33-23-6-7-24(30(40)41)34-29(23)38(26)10-8-21-9-13-42-21/h1-7,14,21H,8-13,16-18H2,(H,40,41)/t21-/m1/s1. The van der Waals surface area contributed by atoms with Crippen LogP contribution < -0.4 is 9.64 Å². The van der Waals surface area contributed by atoms with Crippen molar-refractivity contribution in [3.05, 3.63) is 77.0 Å². The highest BCUT2D eigenvalue weighted by molar-refractivity contribution is 5.94. The highest BCUT2D eigenvalue weighted by atomic mass is 19.1. The molecular formula is C30H28FN7O5. The van der Waals surface area contributed by atoms with Crippen LogP contribution in [0.5, 0.6) is 5.88 Å². The largest absolute Gasteiger partial charge is 0.477 e. The highest BCUT2D eigenvalue weighted by Gasteiger charge is 2.28. The number of fused-ring (bicyclic) bond motifs is 1. The molecule has 4 aromatic rings. The number of piperazine rings is 1. The van der Waals surface area contributed by atoms with Gasteiger partial charge in [0.15, 0.2) is 11.3 Å². The summed E-state index contributed by atoms with van der Waals surface area (Å²) in [5, 5.41) is 18.4. The van der Waals surface area contributed by atoms with Crippen LogP contribution in [-0.4, -0.2) is 73.7 Å². The summed E-state index contributed by atoms with van der Waals surface area (Å²) in [7, 11) is 0. The SMILES string of the molecule is N#Cc1ccc(COc2cccc(N3CCN(Cc4nc5ccc(C(=O)O)nc5n4CC[C@@H]4CCO4)CC3=O)n2)c(F)c1. The number of amides is 1. The van der Waals surface area contributed by atoms with Gasteiger partial charge in [0.25, 0.3) is 0 Å². The number of ether oxygens (including phenoxy) is 2. The van der Waals surface area contributed by atoms with Crippen LogP contribution in [0, 0.1) is 17.1 Å². The second-order valence-corrected chi connectivity index (χ2v) is 10.4. The van der Waals surface area contributed by atoms with E-state index in [9.17, 15) is 19.1 Å². The molecule has 1 aromatic carbocycles. The van der Waals surface area contributed by atoms with E-state index in [4.69, 9.17) is 19.7 Å². The Balaban J connectivity index is 1.13. The summed E-state index contributed by atoms with van der Waals surface area (Å²) in [6.07, 6.45) is 1.90. The molecule has 5 heterocycles. The molecule has 2 saturated heterocycles. The highest BCUT2D eigenvalue weighted by Crippen LogP contribution is 2.24. The third-order valence-electron chi connectivity index (χ3n) is 7.57. The van der Waals surface area contributed by atoms with Crippen LogP contribution in [0.2, 0.25) is 0 Å². The number of nitrogens with zero attached hydrogens (tertiary/aromatic N) is 7. The molecule has 1 atom stereocenters. The predicted molar refractivity (Wildman–Crippen MR) is 151 cm³/mol. The van der Waals surface area contributed by atoms with Crippen LogP contribution in [0.15, 0.2) is 48.5 Å². The number of nitriles is 1. The summed E-state index contributed by atoms with van der Waals surface area (Å²) in [5.74, 6) is -0.413. The fraction of sp³-hybridized carbons (Fsp3) is 0.333. The Hall–Kier alpha value is -4.93. The van der Waals surface area contributed by atoms with E-state index in [1.54, 1.807) is 29.2 Å². The second kappa shape index (κ2) is 12.1. The predicted octanol–water partition coefficient (Wildman–Crippen LogP) is 3.14. The van der Waals surface area contributed by atoms with Gasteiger partial charge in [-0.25, -0.2) is 19.2 Å². The maximum absolute atomic E-state index is 14.2. The first kappa shape index (κ1) is 28.2. The molecule has 13 heteroatoms. The van der Waals surface area contributed by atoms with E-state index in [0.29, 0.717) is 49.0 Å². The molecule has 0 radical (unpaired) electrons. The summed E-state index contributed by atoms with van der Waals surface area (Å²) in [6, 6.07) is 14.2. The lowest BCUT2D eigenvalue weighted by molar-refractivity contribution is -0.121. The third-order valence-corrected chi connectivity index (χ3v) is 7.57. The molecule has 0 bridgehead atoms. The first-order valence-electron chi connectivity index (χ1n) is 13.9. The van der Waals surface area contributed by atoms with E-state index in [2.05, 4.69) is 9.97 Å². The van der Waals surface area contributed by atoms with Crippen LogP contribution >= 0.6 is 0 Å². The monoisotopic (exact) mass is 585 g/mol. The molecule has 0 aliphatic carbocycles. The molecule has 0 unspecified atom stereocenters. The number of imidazole rings is 1. The van der Waals surface area contributed by atoms with E-state index >= 15 is 0 Å². The first-order chi connectivity index (χ1) is 20.9. The van der Waals surface area contributed by atoms with Crippen molar-refractivity contribution in [3.63, 3.8) is 0 Å². The van der Waals surface area contributed by atoms with Gasteiger partial charge in [0.2, 0.25) is 11.8 Å². The minimum absolute atomic E-state index is 0.0513. The Kier molecular flexibility index (Phi) is 7.95. The van der Waals surface area contributed by atoms with Gasteiger partial charge in [0, 0.05) is 37.9 Å². The third kappa shape index (κ3) is 6.15. The van der Waals surface area contributed by atoms with Crippen molar-refractivity contribution in [1.82, 2.24) is 24.4 Å². The lowest BCUT2D eigenvalue weighted by Crippen LogP contribution is -2.50. The number of carbonyl (C=O) groups is 2. The summed E-state index contributed by atoms with van der Waals surface area (Å²) >= 11 is 0. The van der Waals surface area contributed by atoms with Crippen molar-refractivity contribution in [2.24, 2.45) is 0 Å². The Bertz CT molecular complexity index is 1730. The first-order valence-corrected chi connectivity index (χ1v) is 13.9. The van der Waals surface area contributed by atoms with Gasteiger partial charge in [-0.15, -0.1) is 0 Å². The summed E-state index contributed by atoms with van der Waals surface area (Å²) in [5.41, 5.74) is 1.56. The number of hydrogen-bond acceptors (Lipinski definition) is 9. The lowest BCUT2D eigenvalue weighted by atomic mass is 10.1. The van der Waals surface area contributed by atoms with Crippen molar-refractivity contribution in [3.8, 4) is 11.9 Å². The average Bonchev–Trinajstić information content (AvgIpc) is 3.31. The minimum Gasteiger partial charge on any atom is -0.477 e. The average molecular weight is 586 g/mol. The van der Waals surface area contributed by atoms with Gasteiger partial charge in [-0.3, -0.25) is 14.6 Å². The molecular weight excluding hydrogens is 557 g/mol. The molecule has 12 nitrogen and oxygen atoms in total. The van der Waals surface area contributed by atoms with Crippen molar-refractivity contribution >= 4 is 28.9 Å². The smallest absolute Gasteiger partial charge is 0.354 e. The molecule has 2 aliphatic rings. The number of halogens is 1. The van der Waals surface area contributed by atoms with Gasteiger partial charge in [0.05, 0.1) is 30.8 Å². The Morgan fingerprint density at radius 2 is 2.02 bits per heavy atom. The molecule has 220 valence electrons. The fourth-order valence-corrected chi connectivity index (χ4v) is 5.13. The van der Waals surface area contributed by atoms with Crippen molar-refractivity contribution in [2.75, 3.05) is 31.1 Å². The van der Waals surface area contributed by atoms with Crippen LogP contribution in [-0.2, 0) is 29.2 Å². The summed E-state index contributed by atoms with van der Waals surface area (Å²) in [6.45, 7) is 2.70. The Labute approximate surface area is 245 Å². The maximum Gasteiger partial charge on any atom is 0.354 e. The van der Waals surface area contributed by atoms with Crippen LogP contribution in [0.3, 0.4) is 0 Å². The Morgan fingerprint density at radius 3 is 2.74 bits per heavy atom. The van der Waals surface area contributed by atoms with Crippen molar-refractivity contribution < 1.29 is 28.6 Å². The topological polar surface area (TPSA) is 147 Å². The number of rotatable bonds is 10. The number of anilines is 1. The number of carboxylic acid groups (broad SMARTS) is 1. The number of carboxylic acids is 1. The number of hydrogen-bond donors (Lipinski definition) is 1. The van der Waals surface area contributed by atoms with E-state index in [-0.39, 0.29) is 47.9 Å². The van der Waals surface area contributed by atoms with Gasteiger partial charge in [-0.1, -0.05) is 12.1 Å². The number of benzene rings is 1. The van der Waals surface area contributed by atoms with E-state index < -0.39 is 11.8 Å². The number of aromatic carboxylic acids is 1. The summed E-state index contributed by atoms with van der Waals surface area (Å²) < 4.78 is 27.4. The van der Waals surface area contributed by atoms with E-state index in [1.807, 2.05) is 15.5 Å². The normalized spacial score (nSPS) is 17.1. The summed E-state index contributed by atoms with van der Waals surface area (Å²) in [4.78, 5) is 41.9. The van der Waals surface area contributed by atoms with E-state index in [0.717, 1.165) is 25.5 Å². The van der Waals surface area contributed by atoms with Crippen LogP contribution in [0.4, 0.5) is 10.2 Å². The number of carbonyl (C=O) groups excluding carboxylic acids is 1. The van der Waals surface area contributed by atoms with Crippen molar-refractivity contribution in [2.45, 2.75) is 38.6 Å². The minimum atomic E-state index is -1.11. The van der Waals surface area contributed by atoms with Gasteiger partial charge in [-0.05, 0) is 43.2 Å². The second-order valence-electron chi connectivity index (χ2n) is 10.4. The molecule has 6 rings (SSSR count). The van der Waals surface area contributed by atoms with Crippen LogP contribution in [0.1, 0.15) is 40.3 Å². The molecule has 2 aliphatic heterocycles. The van der Waals surface area contributed by atoms with Gasteiger partial charge in [-0.2, -0.15) is 10.2 Å². The fourth-order valence-electron chi connectivity index (χ4n) is 5.13. The molecule has 43 heavy (non-hydrogen) atoms. The van der Waals surface area contributed by atoms with Crippen LogP contribution in [0.25, 0.3) is 11.2 Å². The zero-order valence-electron chi connectivity index (χ0n) is 23.1. The number of aromatic nitrogens is 4. The molecule has 3 aromatic heterocycles. The van der Waals surface area contributed by atoms with Gasteiger partial charge < -0.3 is 19.1 Å².